The maximum absolute atomic E-state index is 13.5. The predicted molar refractivity (Wildman–Crippen MR) is 56.4 cm³/mol. The molecule has 1 aromatic rings. The minimum Gasteiger partial charge on any atom is -0.328 e. The van der Waals surface area contributed by atoms with Gasteiger partial charge in [0, 0.05) is 17.4 Å². The highest BCUT2D eigenvalue weighted by Gasteiger charge is 2.22. The van der Waals surface area contributed by atoms with E-state index in [0.717, 1.165) is 10.0 Å². The second-order valence-electron chi connectivity index (χ2n) is 3.39. The molecule has 3 heteroatoms. The first kappa shape index (κ1) is 10.7. The molecule has 1 rings (SSSR count). The molecule has 0 radical (unpaired) electrons. The molecular weight excluding hydrogens is 233 g/mol. The summed E-state index contributed by atoms with van der Waals surface area (Å²) >= 11 is 3.37. The third-order valence-corrected chi connectivity index (χ3v) is 2.72. The van der Waals surface area contributed by atoms with Crippen LogP contribution >= 0.6 is 15.9 Å². The molecule has 0 spiro atoms. The van der Waals surface area contributed by atoms with Gasteiger partial charge >= 0.3 is 0 Å². The smallest absolute Gasteiger partial charge is 0.124 e. The molecule has 0 fully saturated rings. The van der Waals surface area contributed by atoms with E-state index in [1.807, 2.05) is 24.3 Å². The van der Waals surface area contributed by atoms with Crippen LogP contribution < -0.4 is 5.73 Å². The Bertz CT molecular complexity index is 286. The SMILES string of the molecule is CC(F)(CN)Cc1ccccc1Br. The Balaban J connectivity index is 2.80. The van der Waals surface area contributed by atoms with Crippen molar-refractivity contribution in [1.82, 2.24) is 0 Å². The van der Waals surface area contributed by atoms with Gasteiger partial charge in [-0.05, 0) is 18.6 Å². The lowest BCUT2D eigenvalue weighted by Gasteiger charge is -2.18. The van der Waals surface area contributed by atoms with Crippen LogP contribution in [0.5, 0.6) is 0 Å². The molecule has 1 nitrogen and oxygen atoms in total. The van der Waals surface area contributed by atoms with Crippen molar-refractivity contribution in [2.75, 3.05) is 6.54 Å². The fourth-order valence-corrected chi connectivity index (χ4v) is 1.54. The van der Waals surface area contributed by atoms with Gasteiger partial charge in [0.1, 0.15) is 5.67 Å². The molecule has 1 atom stereocenters. The molecule has 72 valence electrons. The Morgan fingerprint density at radius 1 is 1.46 bits per heavy atom. The molecule has 0 aliphatic carbocycles. The van der Waals surface area contributed by atoms with Crippen molar-refractivity contribution in [3.8, 4) is 0 Å². The zero-order chi connectivity index (χ0) is 9.90. The first-order valence-electron chi connectivity index (χ1n) is 4.17. The van der Waals surface area contributed by atoms with Gasteiger partial charge in [0.25, 0.3) is 0 Å². The van der Waals surface area contributed by atoms with Crippen LogP contribution in [0.1, 0.15) is 12.5 Å². The van der Waals surface area contributed by atoms with E-state index in [9.17, 15) is 4.39 Å². The quantitative estimate of drug-likeness (QED) is 0.871. The summed E-state index contributed by atoms with van der Waals surface area (Å²) in [7, 11) is 0. The third kappa shape index (κ3) is 3.08. The summed E-state index contributed by atoms with van der Waals surface area (Å²) in [6.45, 7) is 1.57. The lowest BCUT2D eigenvalue weighted by molar-refractivity contribution is 0.200. The van der Waals surface area contributed by atoms with Crippen LogP contribution in [-0.2, 0) is 6.42 Å². The standard InChI is InChI=1S/C10H13BrFN/c1-10(12,7-13)6-8-4-2-3-5-9(8)11/h2-5H,6-7,13H2,1H3. The molecule has 1 aromatic carbocycles. The van der Waals surface area contributed by atoms with Crippen LogP contribution in [-0.4, -0.2) is 12.2 Å². The fraction of sp³-hybridized carbons (Fsp3) is 0.400. The second kappa shape index (κ2) is 4.20. The molecule has 0 saturated carbocycles. The Labute approximate surface area is 86.3 Å². The van der Waals surface area contributed by atoms with E-state index >= 15 is 0 Å². The third-order valence-electron chi connectivity index (χ3n) is 1.94. The number of halogens is 2. The van der Waals surface area contributed by atoms with Crippen molar-refractivity contribution >= 4 is 15.9 Å². The van der Waals surface area contributed by atoms with Crippen LogP contribution in [0, 0.1) is 0 Å². The highest BCUT2D eigenvalue weighted by Crippen LogP contribution is 2.22. The normalized spacial score (nSPS) is 15.4. The molecule has 0 bridgehead atoms. The van der Waals surface area contributed by atoms with Gasteiger partial charge in [0.2, 0.25) is 0 Å². The molecule has 0 aromatic heterocycles. The molecular formula is C10H13BrFN. The van der Waals surface area contributed by atoms with E-state index < -0.39 is 5.67 Å². The number of nitrogens with two attached hydrogens (primary N) is 1. The topological polar surface area (TPSA) is 26.0 Å². The van der Waals surface area contributed by atoms with Crippen molar-refractivity contribution in [3.05, 3.63) is 34.3 Å². The number of hydrogen-bond donors (Lipinski definition) is 1. The van der Waals surface area contributed by atoms with Gasteiger partial charge in [0.05, 0.1) is 0 Å². The van der Waals surface area contributed by atoms with Crippen molar-refractivity contribution in [2.45, 2.75) is 19.0 Å². The van der Waals surface area contributed by atoms with E-state index in [-0.39, 0.29) is 6.54 Å². The minimum atomic E-state index is -1.32. The van der Waals surface area contributed by atoms with Gasteiger partial charge in [-0.3, -0.25) is 0 Å². The summed E-state index contributed by atoms with van der Waals surface area (Å²) in [6, 6.07) is 7.61. The van der Waals surface area contributed by atoms with Crippen LogP contribution in [0.25, 0.3) is 0 Å². The molecule has 2 N–H and O–H groups in total. The van der Waals surface area contributed by atoms with E-state index in [1.165, 1.54) is 6.92 Å². The maximum Gasteiger partial charge on any atom is 0.124 e. The lowest BCUT2D eigenvalue weighted by Crippen LogP contribution is -2.31. The van der Waals surface area contributed by atoms with Gasteiger partial charge in [-0.2, -0.15) is 0 Å². The van der Waals surface area contributed by atoms with E-state index in [4.69, 9.17) is 5.73 Å². The van der Waals surface area contributed by atoms with Gasteiger partial charge in [0.15, 0.2) is 0 Å². The molecule has 0 saturated heterocycles. The monoisotopic (exact) mass is 245 g/mol. The Morgan fingerprint density at radius 3 is 2.62 bits per heavy atom. The van der Waals surface area contributed by atoms with Crippen LogP contribution in [0.15, 0.2) is 28.7 Å². The predicted octanol–water partition coefficient (Wildman–Crippen LogP) is 2.68. The van der Waals surface area contributed by atoms with Gasteiger partial charge in [-0.25, -0.2) is 4.39 Å². The summed E-state index contributed by atoms with van der Waals surface area (Å²) < 4.78 is 14.5. The van der Waals surface area contributed by atoms with Crippen LogP contribution in [0.4, 0.5) is 4.39 Å². The van der Waals surface area contributed by atoms with Crippen LogP contribution in [0.3, 0.4) is 0 Å². The van der Waals surface area contributed by atoms with Gasteiger partial charge in [-0.1, -0.05) is 34.1 Å². The van der Waals surface area contributed by atoms with E-state index in [2.05, 4.69) is 15.9 Å². The Hall–Kier alpha value is -0.410. The largest absolute Gasteiger partial charge is 0.328 e. The fourth-order valence-electron chi connectivity index (χ4n) is 1.11. The van der Waals surface area contributed by atoms with E-state index in [0.29, 0.717) is 6.42 Å². The first-order valence-corrected chi connectivity index (χ1v) is 4.97. The maximum atomic E-state index is 13.5. The minimum absolute atomic E-state index is 0.0499. The average molecular weight is 246 g/mol. The lowest BCUT2D eigenvalue weighted by atomic mass is 9.99. The van der Waals surface area contributed by atoms with Crippen molar-refractivity contribution in [3.63, 3.8) is 0 Å². The molecule has 0 heterocycles. The molecule has 1 unspecified atom stereocenters. The number of hydrogen-bond acceptors (Lipinski definition) is 1. The summed E-state index contributed by atoms with van der Waals surface area (Å²) in [5, 5.41) is 0. The molecule has 0 aliphatic heterocycles. The summed E-state index contributed by atoms with van der Waals surface area (Å²) in [4.78, 5) is 0. The summed E-state index contributed by atoms with van der Waals surface area (Å²) in [6.07, 6.45) is 0.352. The van der Waals surface area contributed by atoms with Gasteiger partial charge in [-0.15, -0.1) is 0 Å². The van der Waals surface area contributed by atoms with Crippen molar-refractivity contribution in [2.24, 2.45) is 5.73 Å². The molecule has 0 aliphatic rings. The number of rotatable bonds is 3. The summed E-state index contributed by atoms with van der Waals surface area (Å²) in [5.41, 5.74) is 4.95. The number of alkyl halides is 1. The van der Waals surface area contributed by atoms with Crippen molar-refractivity contribution < 1.29 is 4.39 Å². The Morgan fingerprint density at radius 2 is 2.08 bits per heavy atom. The highest BCUT2D eigenvalue weighted by atomic mass is 79.9. The zero-order valence-electron chi connectivity index (χ0n) is 7.56. The Kier molecular flexibility index (Phi) is 3.45. The van der Waals surface area contributed by atoms with Crippen LogP contribution in [0.2, 0.25) is 0 Å². The summed E-state index contributed by atoms with van der Waals surface area (Å²) in [5.74, 6) is 0. The highest BCUT2D eigenvalue weighted by molar-refractivity contribution is 9.10. The van der Waals surface area contributed by atoms with E-state index in [1.54, 1.807) is 0 Å². The van der Waals surface area contributed by atoms with Gasteiger partial charge < -0.3 is 5.73 Å². The average Bonchev–Trinajstić information content (AvgIpc) is 2.09. The molecule has 0 amide bonds. The van der Waals surface area contributed by atoms with Crippen molar-refractivity contribution in [1.29, 1.82) is 0 Å². The molecule has 13 heavy (non-hydrogen) atoms. The number of benzene rings is 1. The second-order valence-corrected chi connectivity index (χ2v) is 4.24. The zero-order valence-corrected chi connectivity index (χ0v) is 9.14. The first-order chi connectivity index (χ1) is 6.05.